The van der Waals surface area contributed by atoms with Gasteiger partial charge in [0.15, 0.2) is 5.78 Å². The highest BCUT2D eigenvalue weighted by atomic mass is 16.5. The van der Waals surface area contributed by atoms with E-state index in [-0.39, 0.29) is 5.78 Å². The van der Waals surface area contributed by atoms with Crippen LogP contribution in [0.4, 0.5) is 0 Å². The summed E-state index contributed by atoms with van der Waals surface area (Å²) in [4.78, 5) is 17.9. The van der Waals surface area contributed by atoms with Crippen molar-refractivity contribution in [2.75, 3.05) is 20.3 Å². The molecule has 0 bridgehead atoms. The molecule has 7 heteroatoms. The highest BCUT2D eigenvalue weighted by Gasteiger charge is 2.30. The first-order valence-electron chi connectivity index (χ1n) is 12.4. The summed E-state index contributed by atoms with van der Waals surface area (Å²) in [5.74, 6) is 1.21. The van der Waals surface area contributed by atoms with Crippen molar-refractivity contribution in [1.82, 2.24) is 19.2 Å². The van der Waals surface area contributed by atoms with Gasteiger partial charge in [-0.3, -0.25) is 13.9 Å². The summed E-state index contributed by atoms with van der Waals surface area (Å²) in [6.07, 6.45) is 6.10. The lowest BCUT2D eigenvalue weighted by Crippen LogP contribution is -2.08. The summed E-state index contributed by atoms with van der Waals surface area (Å²) in [7, 11) is 1.64. The third-order valence-corrected chi connectivity index (χ3v) is 6.71. The van der Waals surface area contributed by atoms with Gasteiger partial charge < -0.3 is 9.47 Å². The maximum absolute atomic E-state index is 13.5. The molecule has 1 fully saturated rings. The Balaban J connectivity index is 1.31. The van der Waals surface area contributed by atoms with Crippen LogP contribution >= 0.6 is 0 Å². The predicted molar refractivity (Wildman–Crippen MR) is 138 cm³/mol. The molecule has 6 rings (SSSR count). The van der Waals surface area contributed by atoms with Gasteiger partial charge in [-0.05, 0) is 36.1 Å². The highest BCUT2D eigenvalue weighted by Crippen LogP contribution is 2.43. The molecule has 0 N–H and O–H groups in total. The average molecular weight is 481 g/mol. The number of aromatic nitrogens is 4. The van der Waals surface area contributed by atoms with Crippen LogP contribution in [-0.4, -0.2) is 45.3 Å². The van der Waals surface area contributed by atoms with Gasteiger partial charge in [0.25, 0.3) is 0 Å². The minimum atomic E-state index is 0.0283. The van der Waals surface area contributed by atoms with Gasteiger partial charge in [-0.15, -0.1) is 0 Å². The fourth-order valence-electron chi connectivity index (χ4n) is 4.76. The summed E-state index contributed by atoms with van der Waals surface area (Å²) in [6, 6.07) is 20.3. The van der Waals surface area contributed by atoms with Crippen molar-refractivity contribution in [3.05, 3.63) is 95.6 Å². The Labute approximate surface area is 209 Å². The van der Waals surface area contributed by atoms with E-state index < -0.39 is 0 Å². The van der Waals surface area contributed by atoms with Crippen LogP contribution in [0.15, 0.2) is 73.1 Å². The molecular formula is C29H28N4O3. The van der Waals surface area contributed by atoms with Gasteiger partial charge in [0.05, 0.1) is 30.6 Å². The Hall–Kier alpha value is -3.97. The summed E-state index contributed by atoms with van der Waals surface area (Å²) < 4.78 is 14.6. The molecule has 3 aromatic heterocycles. The van der Waals surface area contributed by atoms with Crippen molar-refractivity contribution in [2.45, 2.75) is 31.7 Å². The first-order chi connectivity index (χ1) is 17.7. The van der Waals surface area contributed by atoms with Crippen molar-refractivity contribution >= 4 is 22.3 Å². The Morgan fingerprint density at radius 3 is 2.72 bits per heavy atom. The number of benzene rings is 2. The molecule has 36 heavy (non-hydrogen) atoms. The zero-order chi connectivity index (χ0) is 24.5. The van der Waals surface area contributed by atoms with E-state index in [4.69, 9.17) is 14.6 Å². The normalized spacial score (nSPS) is 13.5. The van der Waals surface area contributed by atoms with Crippen molar-refractivity contribution in [1.29, 1.82) is 0 Å². The molecule has 1 saturated carbocycles. The van der Waals surface area contributed by atoms with Crippen LogP contribution in [0, 0.1) is 0 Å². The van der Waals surface area contributed by atoms with E-state index in [9.17, 15) is 4.79 Å². The molecule has 2 aromatic carbocycles. The number of Topliss-reactive ketones (excluding diaryl/α,β-unsaturated/α-hetero) is 1. The van der Waals surface area contributed by atoms with Gasteiger partial charge in [0.2, 0.25) is 0 Å². The number of nitrogens with zero attached hydrogens (tertiary/aromatic N) is 4. The molecule has 0 aliphatic heterocycles. The Bertz CT molecular complexity index is 1530. The quantitative estimate of drug-likeness (QED) is 0.206. The largest absolute Gasteiger partial charge is 0.491 e. The van der Waals surface area contributed by atoms with Crippen LogP contribution in [-0.2, 0) is 17.7 Å². The first-order valence-corrected chi connectivity index (χ1v) is 12.4. The van der Waals surface area contributed by atoms with Crippen molar-refractivity contribution in [3.63, 3.8) is 0 Å². The van der Waals surface area contributed by atoms with Gasteiger partial charge in [0, 0.05) is 37.1 Å². The Morgan fingerprint density at radius 1 is 1.06 bits per heavy atom. The summed E-state index contributed by atoms with van der Waals surface area (Å²) in [5, 5.41) is 6.16. The molecule has 0 spiro atoms. The van der Waals surface area contributed by atoms with E-state index >= 15 is 0 Å². The SMILES string of the molecule is COCCOc1ccn2c(C(=O)Cc3cccc4c3c(C3CC3)nn4Cc3ccccc3)cnc2c1. The second kappa shape index (κ2) is 9.59. The third kappa shape index (κ3) is 4.38. The van der Waals surface area contributed by atoms with Crippen LogP contribution in [0.2, 0.25) is 0 Å². The number of fused-ring (bicyclic) bond motifs is 2. The number of imidazole rings is 1. The zero-order valence-corrected chi connectivity index (χ0v) is 20.3. The maximum Gasteiger partial charge on any atom is 0.185 e. The third-order valence-electron chi connectivity index (χ3n) is 6.71. The number of methoxy groups -OCH3 is 1. The van der Waals surface area contributed by atoms with Crippen LogP contribution < -0.4 is 4.74 Å². The lowest BCUT2D eigenvalue weighted by atomic mass is 10.00. The number of carbonyl (C=O) groups is 1. The van der Waals surface area contributed by atoms with Crippen LogP contribution in [0.1, 0.15) is 46.1 Å². The number of ketones is 1. The molecule has 1 aliphatic carbocycles. The second-order valence-corrected chi connectivity index (χ2v) is 9.29. The van der Waals surface area contributed by atoms with E-state index in [0.29, 0.717) is 49.2 Å². The smallest absolute Gasteiger partial charge is 0.185 e. The molecule has 1 aliphatic rings. The summed E-state index contributed by atoms with van der Waals surface area (Å²) in [5.41, 5.74) is 5.69. The number of pyridine rings is 1. The van der Waals surface area contributed by atoms with Gasteiger partial charge >= 0.3 is 0 Å². The summed E-state index contributed by atoms with van der Waals surface area (Å²) in [6.45, 7) is 1.69. The maximum atomic E-state index is 13.5. The van der Waals surface area contributed by atoms with E-state index in [1.165, 1.54) is 5.56 Å². The molecule has 0 atom stereocenters. The lowest BCUT2D eigenvalue weighted by Gasteiger charge is -2.08. The zero-order valence-electron chi connectivity index (χ0n) is 20.3. The van der Waals surface area contributed by atoms with Crippen molar-refractivity contribution in [3.8, 4) is 5.75 Å². The van der Waals surface area contributed by atoms with Gasteiger partial charge in [-0.1, -0.05) is 42.5 Å². The minimum Gasteiger partial charge on any atom is -0.491 e. The highest BCUT2D eigenvalue weighted by molar-refractivity contribution is 5.99. The predicted octanol–water partition coefficient (Wildman–Crippen LogP) is 5.06. The van der Waals surface area contributed by atoms with Crippen LogP contribution in [0.25, 0.3) is 16.6 Å². The molecule has 5 aromatic rings. The second-order valence-electron chi connectivity index (χ2n) is 9.29. The van der Waals surface area contributed by atoms with Crippen molar-refractivity contribution < 1.29 is 14.3 Å². The number of hydrogen-bond acceptors (Lipinski definition) is 5. The fourth-order valence-corrected chi connectivity index (χ4v) is 4.76. The molecule has 182 valence electrons. The van der Waals surface area contributed by atoms with Crippen LogP contribution in [0.3, 0.4) is 0 Å². The first kappa shape index (κ1) is 22.5. The van der Waals surface area contributed by atoms with Gasteiger partial charge in [-0.2, -0.15) is 5.10 Å². The molecule has 0 unspecified atom stereocenters. The monoisotopic (exact) mass is 480 g/mol. The van der Waals surface area contributed by atoms with Gasteiger partial charge in [0.1, 0.15) is 23.7 Å². The molecule has 3 heterocycles. The minimum absolute atomic E-state index is 0.0283. The van der Waals surface area contributed by atoms with E-state index in [2.05, 4.69) is 46.1 Å². The number of carbonyl (C=O) groups excluding carboxylic acids is 1. The Kier molecular flexibility index (Phi) is 5.99. The van der Waals surface area contributed by atoms with Gasteiger partial charge in [-0.25, -0.2) is 4.98 Å². The van der Waals surface area contributed by atoms with Crippen molar-refractivity contribution in [2.24, 2.45) is 0 Å². The topological polar surface area (TPSA) is 70.7 Å². The fraction of sp³-hybridized carbons (Fsp3) is 0.276. The van der Waals surface area contributed by atoms with E-state index in [1.807, 2.05) is 34.9 Å². The van der Waals surface area contributed by atoms with E-state index in [1.54, 1.807) is 13.3 Å². The number of hydrogen-bond donors (Lipinski definition) is 0. The molecule has 7 nitrogen and oxygen atoms in total. The van der Waals surface area contributed by atoms with Crippen LogP contribution in [0.5, 0.6) is 5.75 Å². The van der Waals surface area contributed by atoms with E-state index in [0.717, 1.165) is 35.0 Å². The molecule has 0 amide bonds. The molecular weight excluding hydrogens is 452 g/mol. The number of ether oxygens (including phenoxy) is 2. The number of rotatable bonds is 10. The standard InChI is InChI=1S/C29H28N4O3/c1-35-14-15-36-23-12-13-32-25(18-30-27(32)17-23)26(34)16-22-8-5-9-24-28(22)29(21-10-11-21)31-33(24)19-20-6-3-2-4-7-20/h2-9,12-13,17-18,21H,10-11,14-16,19H2,1H3. The Morgan fingerprint density at radius 2 is 1.92 bits per heavy atom. The summed E-state index contributed by atoms with van der Waals surface area (Å²) >= 11 is 0. The molecule has 0 saturated heterocycles. The average Bonchev–Trinajstić information content (AvgIpc) is 3.55. The lowest BCUT2D eigenvalue weighted by molar-refractivity contribution is 0.0987. The molecule has 0 radical (unpaired) electrons.